The highest BCUT2D eigenvalue weighted by molar-refractivity contribution is 14.1. The molecule has 6 nitrogen and oxygen atoms in total. The number of rotatable bonds is 6. The van der Waals surface area contributed by atoms with Gasteiger partial charge in [0.25, 0.3) is 0 Å². The summed E-state index contributed by atoms with van der Waals surface area (Å²) in [5.74, 6) is -1.31. The molecule has 1 unspecified atom stereocenters. The summed E-state index contributed by atoms with van der Waals surface area (Å²) in [6, 6.07) is 13.9. The summed E-state index contributed by atoms with van der Waals surface area (Å²) in [5, 5.41) is 9.91. The van der Waals surface area contributed by atoms with Crippen molar-refractivity contribution in [3.05, 3.63) is 62.9 Å². The zero-order chi connectivity index (χ0) is 21.3. The maximum absolute atomic E-state index is 12.4. The first kappa shape index (κ1) is 20.7. The van der Waals surface area contributed by atoms with Crippen LogP contribution in [0.3, 0.4) is 0 Å². The van der Waals surface area contributed by atoms with E-state index in [9.17, 15) is 9.59 Å². The van der Waals surface area contributed by atoms with Gasteiger partial charge in [-0.25, -0.2) is 4.79 Å². The van der Waals surface area contributed by atoms with Crippen LogP contribution < -0.4 is 10.5 Å². The molecule has 4 rings (SSSR count). The van der Waals surface area contributed by atoms with Crippen molar-refractivity contribution in [3.63, 3.8) is 0 Å². The molecule has 1 aliphatic carbocycles. The number of hydrogen-bond acceptors (Lipinski definition) is 3. The van der Waals surface area contributed by atoms with Crippen LogP contribution in [0.4, 0.5) is 0 Å². The highest BCUT2D eigenvalue weighted by atomic mass is 127. The van der Waals surface area contributed by atoms with E-state index < -0.39 is 18.5 Å². The van der Waals surface area contributed by atoms with Crippen molar-refractivity contribution < 1.29 is 19.4 Å². The second-order valence-electron chi connectivity index (χ2n) is 7.57. The Kier molecular flexibility index (Phi) is 5.99. The number of hydrogen-bond donors (Lipinski definition) is 2. The Bertz CT molecular complexity index is 1120. The number of carboxylic acids is 1. The molecule has 0 bridgehead atoms. The first-order valence-corrected chi connectivity index (χ1v) is 11.1. The highest BCUT2D eigenvalue weighted by Gasteiger charge is 2.31. The molecule has 1 aliphatic rings. The number of fused-ring (bicyclic) bond motifs is 3. The molecule has 1 heterocycles. The van der Waals surface area contributed by atoms with Crippen LogP contribution in [-0.4, -0.2) is 28.2 Å². The zero-order valence-corrected chi connectivity index (χ0v) is 18.6. The normalized spacial score (nSPS) is 16.1. The molecule has 0 saturated carbocycles. The SMILES string of the molecule is NC(=O)C1CCCCc2c1c1c(OCC(=O)O)cccc1n2Cc1ccccc1I. The third-order valence-electron chi connectivity index (χ3n) is 5.69. The fraction of sp³-hybridized carbons (Fsp3) is 0.304. The number of amides is 1. The van der Waals surface area contributed by atoms with Crippen LogP contribution in [0.2, 0.25) is 0 Å². The number of carbonyl (C=O) groups is 2. The van der Waals surface area contributed by atoms with E-state index in [1.165, 1.54) is 9.13 Å². The van der Waals surface area contributed by atoms with Gasteiger partial charge in [0.15, 0.2) is 6.61 Å². The Morgan fingerprint density at radius 2 is 1.97 bits per heavy atom. The minimum atomic E-state index is -1.04. The van der Waals surface area contributed by atoms with Gasteiger partial charge < -0.3 is 20.1 Å². The Balaban J connectivity index is 1.96. The summed E-state index contributed by atoms with van der Waals surface area (Å²) in [6.45, 7) is 0.232. The molecule has 7 heteroatoms. The Morgan fingerprint density at radius 3 is 2.70 bits per heavy atom. The predicted molar refractivity (Wildman–Crippen MR) is 123 cm³/mol. The second-order valence-corrected chi connectivity index (χ2v) is 8.73. The van der Waals surface area contributed by atoms with Crippen molar-refractivity contribution in [2.45, 2.75) is 38.1 Å². The fourth-order valence-corrected chi connectivity index (χ4v) is 4.96. The first-order valence-electron chi connectivity index (χ1n) is 9.98. The van der Waals surface area contributed by atoms with E-state index in [1.54, 1.807) is 6.07 Å². The summed E-state index contributed by atoms with van der Waals surface area (Å²) in [7, 11) is 0. The molecule has 0 aliphatic heterocycles. The topological polar surface area (TPSA) is 94.6 Å². The maximum Gasteiger partial charge on any atom is 0.341 e. The number of carboxylic acid groups (broad SMARTS) is 1. The molecular weight excluding hydrogens is 495 g/mol. The molecule has 0 fully saturated rings. The number of nitrogens with zero attached hydrogens (tertiary/aromatic N) is 1. The van der Waals surface area contributed by atoms with Crippen LogP contribution >= 0.6 is 22.6 Å². The van der Waals surface area contributed by atoms with E-state index in [2.05, 4.69) is 39.3 Å². The van der Waals surface area contributed by atoms with Crippen LogP contribution in [-0.2, 0) is 22.6 Å². The lowest BCUT2D eigenvalue weighted by atomic mass is 9.92. The van der Waals surface area contributed by atoms with Crippen LogP contribution in [0.15, 0.2) is 42.5 Å². The van der Waals surface area contributed by atoms with Crippen LogP contribution in [0.1, 0.15) is 42.0 Å². The van der Waals surface area contributed by atoms with Gasteiger partial charge in [0.05, 0.1) is 11.4 Å². The number of benzene rings is 2. The fourth-order valence-electron chi connectivity index (χ4n) is 4.40. The van der Waals surface area contributed by atoms with Gasteiger partial charge in [-0.15, -0.1) is 0 Å². The standard InChI is InChI=1S/C23H23IN2O4/c24-16-8-3-1-6-14(16)12-26-17-9-4-2-7-15(23(25)29)21(17)22-18(26)10-5-11-19(22)30-13-20(27)28/h1,3,5-6,8,10-11,15H,2,4,7,9,12-13H2,(H2,25,29)(H,27,28). The number of nitrogens with two attached hydrogens (primary N) is 1. The number of aromatic nitrogens is 1. The van der Waals surface area contributed by atoms with Gasteiger partial charge in [-0.2, -0.15) is 0 Å². The summed E-state index contributed by atoms with van der Waals surface area (Å²) >= 11 is 2.34. The van der Waals surface area contributed by atoms with Gasteiger partial charge in [0.2, 0.25) is 5.91 Å². The van der Waals surface area contributed by atoms with E-state index in [-0.39, 0.29) is 5.91 Å². The molecule has 1 amide bonds. The lowest BCUT2D eigenvalue weighted by molar-refractivity contribution is -0.139. The molecule has 156 valence electrons. The van der Waals surface area contributed by atoms with Crippen molar-refractivity contribution in [3.8, 4) is 5.75 Å². The predicted octanol–water partition coefficient (Wildman–Crippen LogP) is 4.05. The summed E-state index contributed by atoms with van der Waals surface area (Å²) in [6.07, 6.45) is 3.43. The maximum atomic E-state index is 12.4. The number of primary amides is 1. The van der Waals surface area contributed by atoms with Crippen molar-refractivity contribution in [1.29, 1.82) is 0 Å². The zero-order valence-electron chi connectivity index (χ0n) is 16.4. The lowest BCUT2D eigenvalue weighted by Crippen LogP contribution is -2.21. The number of carbonyl (C=O) groups excluding carboxylic acids is 1. The third-order valence-corrected chi connectivity index (χ3v) is 6.74. The van der Waals surface area contributed by atoms with Gasteiger partial charge in [0, 0.05) is 21.2 Å². The monoisotopic (exact) mass is 518 g/mol. The lowest BCUT2D eigenvalue weighted by Gasteiger charge is -2.14. The van der Waals surface area contributed by atoms with Crippen LogP contribution in [0, 0.1) is 3.57 Å². The summed E-state index contributed by atoms with van der Waals surface area (Å²) in [5.41, 5.74) is 9.95. The number of aliphatic carboxylic acids is 1. The van der Waals surface area contributed by atoms with Crippen LogP contribution in [0.5, 0.6) is 5.75 Å². The summed E-state index contributed by atoms with van der Waals surface area (Å²) in [4.78, 5) is 23.5. The molecule has 0 radical (unpaired) electrons. The van der Waals surface area contributed by atoms with Crippen molar-refractivity contribution in [2.24, 2.45) is 5.73 Å². The number of ether oxygens (including phenoxy) is 1. The van der Waals surface area contributed by atoms with Gasteiger partial charge in [0.1, 0.15) is 5.75 Å². The van der Waals surface area contributed by atoms with E-state index in [4.69, 9.17) is 15.6 Å². The van der Waals surface area contributed by atoms with E-state index in [1.807, 2.05) is 24.3 Å². The third kappa shape index (κ3) is 3.90. The molecule has 0 spiro atoms. The Labute approximate surface area is 188 Å². The minimum Gasteiger partial charge on any atom is -0.481 e. The molecule has 3 aromatic rings. The molecule has 2 aromatic carbocycles. The highest BCUT2D eigenvalue weighted by Crippen LogP contribution is 2.42. The molecular formula is C23H23IN2O4. The molecule has 1 atom stereocenters. The minimum absolute atomic E-state index is 0.348. The van der Waals surface area contributed by atoms with E-state index in [0.717, 1.165) is 41.4 Å². The Morgan fingerprint density at radius 1 is 1.17 bits per heavy atom. The quantitative estimate of drug-likeness (QED) is 0.380. The first-order chi connectivity index (χ1) is 14.5. The van der Waals surface area contributed by atoms with Gasteiger partial charge >= 0.3 is 5.97 Å². The number of halogens is 1. The molecule has 30 heavy (non-hydrogen) atoms. The van der Waals surface area contributed by atoms with Crippen LogP contribution in [0.25, 0.3) is 10.9 Å². The second kappa shape index (κ2) is 8.67. The largest absolute Gasteiger partial charge is 0.481 e. The van der Waals surface area contributed by atoms with Gasteiger partial charge in [-0.3, -0.25) is 4.79 Å². The smallest absolute Gasteiger partial charge is 0.341 e. The summed E-state index contributed by atoms with van der Waals surface area (Å²) < 4.78 is 9.05. The Hall–Kier alpha value is -2.55. The average Bonchev–Trinajstić information content (AvgIpc) is 2.87. The van der Waals surface area contributed by atoms with E-state index >= 15 is 0 Å². The van der Waals surface area contributed by atoms with Crippen molar-refractivity contribution in [1.82, 2.24) is 4.57 Å². The molecule has 3 N–H and O–H groups in total. The van der Waals surface area contributed by atoms with Gasteiger partial charge in [-0.1, -0.05) is 30.7 Å². The molecule has 0 saturated heterocycles. The van der Waals surface area contributed by atoms with Gasteiger partial charge in [-0.05, 0) is 71.2 Å². The van der Waals surface area contributed by atoms with E-state index in [0.29, 0.717) is 18.7 Å². The van der Waals surface area contributed by atoms with Crippen molar-refractivity contribution in [2.75, 3.05) is 6.61 Å². The molecule has 1 aromatic heterocycles. The van der Waals surface area contributed by atoms with Crippen molar-refractivity contribution >= 4 is 45.4 Å². The average molecular weight is 518 g/mol.